The summed E-state index contributed by atoms with van der Waals surface area (Å²) in [5, 5.41) is 33.7. The van der Waals surface area contributed by atoms with Gasteiger partial charge < -0.3 is 5.11 Å². The zero-order valence-corrected chi connectivity index (χ0v) is 17.3. The van der Waals surface area contributed by atoms with Gasteiger partial charge in [0.1, 0.15) is 5.75 Å². The summed E-state index contributed by atoms with van der Waals surface area (Å²) in [7, 11) is 2.91. The van der Waals surface area contributed by atoms with E-state index in [0.29, 0.717) is 5.56 Å². The smallest absolute Gasteiger partial charge is 0.330 e. The first-order valence-corrected chi connectivity index (χ1v) is 9.34. The van der Waals surface area contributed by atoms with Crippen molar-refractivity contribution in [2.75, 3.05) is 23.9 Å². The second kappa shape index (κ2) is 7.58. The highest BCUT2D eigenvalue weighted by molar-refractivity contribution is 6.13. The van der Waals surface area contributed by atoms with Crippen molar-refractivity contribution >= 4 is 40.6 Å². The topological polar surface area (TPSA) is 147 Å². The van der Waals surface area contributed by atoms with Crippen molar-refractivity contribution in [3.63, 3.8) is 0 Å². The molecule has 12 nitrogen and oxygen atoms in total. The van der Waals surface area contributed by atoms with E-state index in [2.05, 4.69) is 15.3 Å². The Balaban J connectivity index is 1.83. The summed E-state index contributed by atoms with van der Waals surface area (Å²) < 4.78 is 0.970. The van der Waals surface area contributed by atoms with Crippen LogP contribution in [0.3, 0.4) is 0 Å². The average molecular weight is 435 g/mol. The van der Waals surface area contributed by atoms with E-state index in [0.717, 1.165) is 4.68 Å². The number of carbonyl (C=O) groups excluding carboxylic acids is 2. The number of urea groups is 1. The first-order chi connectivity index (χ1) is 15.2. The molecule has 0 spiro atoms. The Kier molecular flexibility index (Phi) is 4.89. The third-order valence-electron chi connectivity index (χ3n) is 5.01. The lowest BCUT2D eigenvalue weighted by Crippen LogP contribution is -2.41. The summed E-state index contributed by atoms with van der Waals surface area (Å²) in [6.07, 6.45) is 0. The molecule has 4 rings (SSSR count). The molecule has 0 unspecified atom stereocenters. The molecule has 0 fully saturated rings. The van der Waals surface area contributed by atoms with E-state index in [1.807, 2.05) is 0 Å². The van der Waals surface area contributed by atoms with Crippen molar-refractivity contribution < 1.29 is 19.6 Å². The number of azo groups is 1. The highest BCUT2D eigenvalue weighted by atomic mass is 16.6. The number of fused-ring (bicyclic) bond motifs is 2. The van der Waals surface area contributed by atoms with Crippen LogP contribution in [0.5, 0.6) is 5.75 Å². The molecule has 2 heterocycles. The highest BCUT2D eigenvalue weighted by Crippen LogP contribution is 2.43. The van der Waals surface area contributed by atoms with Crippen LogP contribution >= 0.6 is 0 Å². The van der Waals surface area contributed by atoms with E-state index in [-0.39, 0.29) is 40.0 Å². The van der Waals surface area contributed by atoms with Gasteiger partial charge in [-0.1, -0.05) is 18.2 Å². The number of nitro benzene ring substituents is 1. The van der Waals surface area contributed by atoms with Crippen molar-refractivity contribution in [2.24, 2.45) is 10.2 Å². The molecule has 0 saturated heterocycles. The van der Waals surface area contributed by atoms with Gasteiger partial charge in [0.2, 0.25) is 0 Å². The van der Waals surface area contributed by atoms with Gasteiger partial charge in [0.25, 0.3) is 11.6 Å². The van der Waals surface area contributed by atoms with Gasteiger partial charge in [0.15, 0.2) is 17.3 Å². The number of amides is 2. The van der Waals surface area contributed by atoms with E-state index < -0.39 is 16.9 Å². The number of aromatic hydroxyl groups is 1. The maximum Gasteiger partial charge on any atom is 0.330 e. The van der Waals surface area contributed by atoms with Gasteiger partial charge in [-0.05, 0) is 25.1 Å². The molecule has 0 atom stereocenters. The van der Waals surface area contributed by atoms with Crippen LogP contribution in [-0.4, -0.2) is 45.8 Å². The number of aromatic nitrogens is 2. The van der Waals surface area contributed by atoms with Crippen LogP contribution in [-0.2, 0) is 0 Å². The Morgan fingerprint density at radius 1 is 1.12 bits per heavy atom. The number of rotatable bonds is 4. The second-order valence-electron chi connectivity index (χ2n) is 7.06. The van der Waals surface area contributed by atoms with Gasteiger partial charge >= 0.3 is 6.03 Å². The Morgan fingerprint density at radius 2 is 1.84 bits per heavy atom. The molecular weight excluding hydrogens is 418 g/mol. The molecule has 0 radical (unpaired) electrons. The van der Waals surface area contributed by atoms with Gasteiger partial charge in [0.05, 0.1) is 16.2 Å². The molecule has 1 N–H and O–H groups in total. The van der Waals surface area contributed by atoms with E-state index in [1.54, 1.807) is 31.2 Å². The van der Waals surface area contributed by atoms with Crippen molar-refractivity contribution in [3.05, 3.63) is 63.7 Å². The maximum atomic E-state index is 13.1. The SMILES string of the molecule is Cc1ccc(N=Nc2c3nn(C(=O)c4ccccc4O)c2N(C)C(=O)N3C)cc1[N+](=O)[O-]. The fourth-order valence-corrected chi connectivity index (χ4v) is 3.29. The Hall–Kier alpha value is -4.61. The number of carbonyl (C=O) groups is 2. The molecule has 2 amide bonds. The summed E-state index contributed by atoms with van der Waals surface area (Å²) in [5.74, 6) is -0.766. The minimum Gasteiger partial charge on any atom is -0.507 e. The van der Waals surface area contributed by atoms with E-state index in [1.165, 1.54) is 42.1 Å². The van der Waals surface area contributed by atoms with Crippen molar-refractivity contribution in [1.82, 2.24) is 9.78 Å². The third kappa shape index (κ3) is 3.23. The van der Waals surface area contributed by atoms with Gasteiger partial charge in [-0.2, -0.15) is 9.80 Å². The molecule has 2 bridgehead atoms. The van der Waals surface area contributed by atoms with Crippen molar-refractivity contribution in [1.29, 1.82) is 0 Å². The van der Waals surface area contributed by atoms with E-state index in [4.69, 9.17) is 0 Å². The van der Waals surface area contributed by atoms with E-state index in [9.17, 15) is 24.8 Å². The van der Waals surface area contributed by atoms with Crippen LogP contribution in [0.15, 0.2) is 52.7 Å². The van der Waals surface area contributed by atoms with Crippen LogP contribution < -0.4 is 9.80 Å². The quantitative estimate of drug-likeness (QED) is 0.373. The first-order valence-electron chi connectivity index (χ1n) is 9.34. The van der Waals surface area contributed by atoms with Crippen LogP contribution in [0.25, 0.3) is 0 Å². The standard InChI is InChI=1S/C20H17N7O5/c1-11-8-9-12(10-14(11)27(31)32)21-22-16-17-23-26(18(16)25(3)20(30)24(17)2)19(29)13-6-4-5-7-15(13)28/h4-10,28H,1-3H3. The number of nitrogens with zero attached hydrogens (tertiary/aromatic N) is 7. The Bertz CT molecular complexity index is 1310. The third-order valence-corrected chi connectivity index (χ3v) is 5.01. The number of hydrogen-bond acceptors (Lipinski definition) is 8. The Morgan fingerprint density at radius 3 is 2.53 bits per heavy atom. The lowest BCUT2D eigenvalue weighted by Gasteiger charge is -2.26. The molecule has 1 aromatic heterocycles. The molecule has 0 saturated carbocycles. The predicted octanol–water partition coefficient (Wildman–Crippen LogP) is 3.92. The number of phenolic OH excluding ortho intramolecular Hbond substituents is 1. The number of benzene rings is 2. The van der Waals surface area contributed by atoms with Crippen LogP contribution in [0, 0.1) is 17.0 Å². The molecule has 32 heavy (non-hydrogen) atoms. The molecule has 1 aliphatic heterocycles. The number of para-hydroxylation sites is 1. The zero-order valence-electron chi connectivity index (χ0n) is 17.3. The monoisotopic (exact) mass is 435 g/mol. The normalized spacial score (nSPS) is 13.2. The molecule has 12 heteroatoms. The molecule has 0 aliphatic carbocycles. The summed E-state index contributed by atoms with van der Waals surface area (Å²) >= 11 is 0. The minimum absolute atomic E-state index is 0.00847. The van der Waals surface area contributed by atoms with Crippen LogP contribution in [0.2, 0.25) is 0 Å². The zero-order chi connectivity index (χ0) is 23.2. The molecule has 3 aromatic rings. The fourth-order valence-electron chi connectivity index (χ4n) is 3.29. The lowest BCUT2D eigenvalue weighted by molar-refractivity contribution is -0.385. The number of nitro groups is 1. The summed E-state index contributed by atoms with van der Waals surface area (Å²) in [6.45, 7) is 1.61. The first kappa shape index (κ1) is 20.7. The fraction of sp³-hybridized carbons (Fsp3) is 0.150. The van der Waals surface area contributed by atoms with Gasteiger partial charge in [-0.25, -0.2) is 4.79 Å². The predicted molar refractivity (Wildman–Crippen MR) is 114 cm³/mol. The highest BCUT2D eigenvalue weighted by Gasteiger charge is 2.38. The number of aryl methyl sites for hydroxylation is 1. The average Bonchev–Trinajstić information content (AvgIpc) is 3.11. The van der Waals surface area contributed by atoms with Gasteiger partial charge in [-0.3, -0.25) is 24.7 Å². The molecular formula is C20H17N7O5. The number of hydrogen-bond donors (Lipinski definition) is 1. The Labute approximate surface area is 181 Å². The maximum absolute atomic E-state index is 13.1. The van der Waals surface area contributed by atoms with Crippen molar-refractivity contribution in [2.45, 2.75) is 6.92 Å². The summed E-state index contributed by atoms with van der Waals surface area (Å²) in [4.78, 5) is 38.7. The van der Waals surface area contributed by atoms with Gasteiger partial charge in [-0.15, -0.1) is 10.2 Å². The van der Waals surface area contributed by atoms with Gasteiger partial charge in [0, 0.05) is 25.7 Å². The van der Waals surface area contributed by atoms with E-state index >= 15 is 0 Å². The number of phenols is 1. The van der Waals surface area contributed by atoms with Crippen LogP contribution in [0.1, 0.15) is 15.9 Å². The molecule has 2 aromatic carbocycles. The lowest BCUT2D eigenvalue weighted by atomic mass is 10.2. The van der Waals surface area contributed by atoms with Crippen molar-refractivity contribution in [3.8, 4) is 5.75 Å². The molecule has 1 aliphatic rings. The molecule has 162 valence electrons. The number of anilines is 2. The largest absolute Gasteiger partial charge is 0.507 e. The summed E-state index contributed by atoms with van der Waals surface area (Å²) in [6, 6.07) is 9.89. The summed E-state index contributed by atoms with van der Waals surface area (Å²) in [5.41, 5.74) is 0.704. The van der Waals surface area contributed by atoms with Crippen LogP contribution in [0.4, 0.5) is 33.5 Å². The minimum atomic E-state index is -0.665. The second-order valence-corrected chi connectivity index (χ2v) is 7.06.